The number of aliphatic carboxylic acids is 2. The Hall–Kier alpha value is -4.00. The molecule has 0 radical (unpaired) electrons. The highest BCUT2D eigenvalue weighted by atomic mass is 16.4. The molecular formula is C23H33N5O8. The molecule has 0 bridgehead atoms. The third-order valence-electron chi connectivity index (χ3n) is 5.46. The van der Waals surface area contributed by atoms with Crippen LogP contribution in [0.15, 0.2) is 30.3 Å². The van der Waals surface area contributed by atoms with Gasteiger partial charge in [0.15, 0.2) is 0 Å². The van der Waals surface area contributed by atoms with Gasteiger partial charge in [-0.25, -0.2) is 4.79 Å². The third kappa shape index (κ3) is 10.1. The van der Waals surface area contributed by atoms with E-state index in [1.165, 1.54) is 0 Å². The normalized spacial score (nSPS) is 14.9. The summed E-state index contributed by atoms with van der Waals surface area (Å²) in [5.74, 6) is -7.11. The predicted molar refractivity (Wildman–Crippen MR) is 127 cm³/mol. The van der Waals surface area contributed by atoms with Crippen molar-refractivity contribution in [2.45, 2.75) is 63.7 Å². The molecule has 0 aliphatic carbocycles. The molecular weight excluding hydrogens is 474 g/mol. The van der Waals surface area contributed by atoms with Crippen LogP contribution in [0.2, 0.25) is 0 Å². The smallest absolute Gasteiger partial charge is 0.326 e. The lowest BCUT2D eigenvalue weighted by Gasteiger charge is -2.25. The molecule has 0 spiro atoms. The van der Waals surface area contributed by atoms with Gasteiger partial charge in [0.05, 0.1) is 18.9 Å². The van der Waals surface area contributed by atoms with E-state index < -0.39 is 78.5 Å². The molecule has 0 fully saturated rings. The number of carbonyl (C=O) groups excluding carboxylic acids is 4. The monoisotopic (exact) mass is 507 g/mol. The molecule has 36 heavy (non-hydrogen) atoms. The summed E-state index contributed by atoms with van der Waals surface area (Å²) in [5, 5.41) is 25.3. The predicted octanol–water partition coefficient (Wildman–Crippen LogP) is -1.51. The summed E-state index contributed by atoms with van der Waals surface area (Å²) < 4.78 is 0. The molecule has 5 unspecified atom stereocenters. The zero-order valence-electron chi connectivity index (χ0n) is 20.1. The Bertz CT molecular complexity index is 955. The number of nitrogens with one attached hydrogen (secondary N) is 3. The maximum Gasteiger partial charge on any atom is 0.326 e. The fourth-order valence-electron chi connectivity index (χ4n) is 3.24. The highest BCUT2D eigenvalue weighted by Crippen LogP contribution is 2.09. The molecule has 1 aromatic rings. The number of nitrogens with two attached hydrogens (primary N) is 2. The van der Waals surface area contributed by atoms with Crippen LogP contribution in [0.4, 0.5) is 0 Å². The SMILES string of the molecule is CCC(C)C(NC(=O)C(CC(=O)O)NC(=O)C(CC(N)=O)NC(=O)C(N)Cc1ccccc1)C(=O)O. The molecule has 198 valence electrons. The van der Waals surface area contributed by atoms with Crippen LogP contribution in [-0.4, -0.2) is 69.9 Å². The third-order valence-corrected chi connectivity index (χ3v) is 5.46. The van der Waals surface area contributed by atoms with Crippen LogP contribution in [0.25, 0.3) is 0 Å². The van der Waals surface area contributed by atoms with Gasteiger partial charge in [-0.05, 0) is 17.9 Å². The summed E-state index contributed by atoms with van der Waals surface area (Å²) in [5.41, 5.74) is 11.8. The fourth-order valence-corrected chi connectivity index (χ4v) is 3.24. The minimum Gasteiger partial charge on any atom is -0.481 e. The van der Waals surface area contributed by atoms with Crippen LogP contribution in [0, 0.1) is 5.92 Å². The Labute approximate surface area is 208 Å². The Morgan fingerprint density at radius 1 is 0.861 bits per heavy atom. The molecule has 0 saturated carbocycles. The van der Waals surface area contributed by atoms with Crippen LogP contribution in [0.1, 0.15) is 38.7 Å². The van der Waals surface area contributed by atoms with E-state index >= 15 is 0 Å². The molecule has 13 heteroatoms. The Morgan fingerprint density at radius 3 is 1.89 bits per heavy atom. The van der Waals surface area contributed by atoms with Crippen LogP contribution >= 0.6 is 0 Å². The minimum absolute atomic E-state index is 0.133. The van der Waals surface area contributed by atoms with Gasteiger partial charge in [0.25, 0.3) is 0 Å². The first-order chi connectivity index (χ1) is 16.8. The number of primary amides is 1. The lowest BCUT2D eigenvalue weighted by Crippen LogP contribution is -2.58. The molecule has 1 aromatic carbocycles. The lowest BCUT2D eigenvalue weighted by molar-refractivity contribution is -0.145. The second-order valence-corrected chi connectivity index (χ2v) is 8.40. The number of carboxylic acids is 2. The van der Waals surface area contributed by atoms with Crippen molar-refractivity contribution >= 4 is 35.6 Å². The van der Waals surface area contributed by atoms with Crippen LogP contribution < -0.4 is 27.4 Å². The van der Waals surface area contributed by atoms with Gasteiger partial charge in [0.1, 0.15) is 18.1 Å². The van der Waals surface area contributed by atoms with E-state index in [1.54, 1.807) is 44.2 Å². The van der Waals surface area contributed by atoms with Gasteiger partial charge in [-0.3, -0.25) is 24.0 Å². The molecule has 0 heterocycles. The van der Waals surface area contributed by atoms with Crippen molar-refractivity contribution in [1.29, 1.82) is 0 Å². The van der Waals surface area contributed by atoms with Gasteiger partial charge in [-0.2, -0.15) is 0 Å². The largest absolute Gasteiger partial charge is 0.481 e. The Balaban J connectivity index is 3.00. The van der Waals surface area contributed by atoms with Crippen molar-refractivity contribution in [3.8, 4) is 0 Å². The highest BCUT2D eigenvalue weighted by molar-refractivity contribution is 5.97. The lowest BCUT2D eigenvalue weighted by atomic mass is 9.98. The second kappa shape index (κ2) is 14.4. The standard InChI is InChI=1S/C23H33N5O8/c1-3-12(2)19(23(35)36)28-22(34)16(11-18(30)31)27-21(33)15(10-17(25)29)26-20(32)14(24)9-13-7-5-4-6-8-13/h4-8,12,14-16,19H,3,9-11,24H2,1-2H3,(H2,25,29)(H,26,32)(H,27,33)(H,28,34)(H,30,31)(H,35,36). The molecule has 1 rings (SSSR count). The number of carbonyl (C=O) groups is 6. The summed E-state index contributed by atoms with van der Waals surface area (Å²) in [6.07, 6.45) is -0.992. The van der Waals surface area contributed by atoms with Gasteiger partial charge in [0.2, 0.25) is 23.6 Å². The van der Waals surface area contributed by atoms with Crippen molar-refractivity contribution < 1.29 is 39.0 Å². The summed E-state index contributed by atoms with van der Waals surface area (Å²) in [6.45, 7) is 3.30. The Morgan fingerprint density at radius 2 is 1.39 bits per heavy atom. The van der Waals surface area contributed by atoms with E-state index in [0.717, 1.165) is 5.56 Å². The molecule has 13 nitrogen and oxygen atoms in total. The quantitative estimate of drug-likeness (QED) is 0.146. The van der Waals surface area contributed by atoms with Crippen molar-refractivity contribution in [2.75, 3.05) is 0 Å². The molecule has 9 N–H and O–H groups in total. The van der Waals surface area contributed by atoms with E-state index in [1.807, 2.05) is 0 Å². The van der Waals surface area contributed by atoms with E-state index in [9.17, 15) is 39.0 Å². The molecule has 0 aliphatic heterocycles. The molecule has 0 aromatic heterocycles. The van der Waals surface area contributed by atoms with Crippen molar-refractivity contribution in [3.05, 3.63) is 35.9 Å². The summed E-state index contributed by atoms with van der Waals surface area (Å²) in [6, 6.07) is 3.15. The first-order valence-corrected chi connectivity index (χ1v) is 11.3. The molecule has 0 saturated heterocycles. The van der Waals surface area contributed by atoms with Crippen molar-refractivity contribution in [2.24, 2.45) is 17.4 Å². The van der Waals surface area contributed by atoms with Crippen molar-refractivity contribution in [1.82, 2.24) is 16.0 Å². The number of carboxylic acid groups (broad SMARTS) is 2. The average molecular weight is 508 g/mol. The highest BCUT2D eigenvalue weighted by Gasteiger charge is 2.33. The van der Waals surface area contributed by atoms with Crippen LogP contribution in [-0.2, 0) is 35.2 Å². The zero-order valence-corrected chi connectivity index (χ0v) is 20.1. The number of hydrogen-bond acceptors (Lipinski definition) is 7. The van der Waals surface area contributed by atoms with E-state index in [4.69, 9.17) is 11.5 Å². The molecule has 5 atom stereocenters. The van der Waals surface area contributed by atoms with Gasteiger partial charge in [-0.15, -0.1) is 0 Å². The maximum atomic E-state index is 12.8. The Kier molecular flexibility index (Phi) is 12.0. The van der Waals surface area contributed by atoms with Crippen LogP contribution in [0.3, 0.4) is 0 Å². The van der Waals surface area contributed by atoms with E-state index in [2.05, 4.69) is 16.0 Å². The zero-order chi connectivity index (χ0) is 27.4. The van der Waals surface area contributed by atoms with E-state index in [-0.39, 0.29) is 6.42 Å². The number of benzene rings is 1. The summed E-state index contributed by atoms with van der Waals surface area (Å²) in [4.78, 5) is 72.4. The number of hydrogen-bond donors (Lipinski definition) is 7. The first kappa shape index (κ1) is 30.0. The maximum absolute atomic E-state index is 12.8. The van der Waals surface area contributed by atoms with E-state index in [0.29, 0.717) is 6.42 Å². The van der Waals surface area contributed by atoms with Gasteiger partial charge < -0.3 is 37.6 Å². The first-order valence-electron chi connectivity index (χ1n) is 11.3. The second-order valence-electron chi connectivity index (χ2n) is 8.40. The minimum atomic E-state index is -1.69. The van der Waals surface area contributed by atoms with Crippen molar-refractivity contribution in [3.63, 3.8) is 0 Å². The molecule has 4 amide bonds. The average Bonchev–Trinajstić information content (AvgIpc) is 2.80. The molecule has 0 aliphatic rings. The van der Waals surface area contributed by atoms with Gasteiger partial charge in [-0.1, -0.05) is 50.6 Å². The van der Waals surface area contributed by atoms with Gasteiger partial charge >= 0.3 is 11.9 Å². The van der Waals surface area contributed by atoms with Gasteiger partial charge in [0, 0.05) is 0 Å². The summed E-state index contributed by atoms with van der Waals surface area (Å²) in [7, 11) is 0. The topological polar surface area (TPSA) is 231 Å². The number of amides is 4. The van der Waals surface area contributed by atoms with Crippen LogP contribution in [0.5, 0.6) is 0 Å². The summed E-state index contributed by atoms with van der Waals surface area (Å²) >= 11 is 0. The fraction of sp³-hybridized carbons (Fsp3) is 0.478. The number of rotatable bonds is 15.